The lowest BCUT2D eigenvalue weighted by Crippen LogP contribution is -2.26. The minimum absolute atomic E-state index is 0.247. The predicted molar refractivity (Wildman–Crippen MR) is 118 cm³/mol. The van der Waals surface area contributed by atoms with Crippen molar-refractivity contribution in [2.24, 2.45) is 0 Å². The number of anilines is 2. The van der Waals surface area contributed by atoms with Gasteiger partial charge in [-0.05, 0) is 45.2 Å². The van der Waals surface area contributed by atoms with E-state index in [2.05, 4.69) is 34.1 Å². The first-order chi connectivity index (χ1) is 14.9. The van der Waals surface area contributed by atoms with Crippen molar-refractivity contribution < 1.29 is 14.6 Å². The summed E-state index contributed by atoms with van der Waals surface area (Å²) in [5, 5.41) is 17.4. The second-order valence-electron chi connectivity index (χ2n) is 8.99. The number of fused-ring (bicyclic) bond motifs is 2. The molecule has 1 aromatic carbocycles. The highest BCUT2D eigenvalue weighted by Crippen LogP contribution is 2.42. The van der Waals surface area contributed by atoms with Crippen LogP contribution in [-0.2, 0) is 6.42 Å². The summed E-state index contributed by atoms with van der Waals surface area (Å²) in [5.41, 5.74) is 3.42. The topological polar surface area (TPSA) is 92.0 Å². The van der Waals surface area contributed by atoms with Gasteiger partial charge in [-0.1, -0.05) is 0 Å². The van der Waals surface area contributed by atoms with Crippen LogP contribution in [0.5, 0.6) is 5.75 Å². The fraction of sp³-hybridized carbons (Fsp3) is 0.435. The number of aliphatic hydroxyl groups is 1. The number of ether oxygens (including phenoxy) is 1. The molecule has 1 amide bonds. The monoisotopic (exact) mass is 421 g/mol. The largest absolute Gasteiger partial charge is 0.487 e. The molecule has 1 fully saturated rings. The molecular formula is C23H27N5O3. The number of carbonyl (C=O) groups excluding carboxylic acids is 1. The van der Waals surface area contributed by atoms with Gasteiger partial charge in [0.1, 0.15) is 16.9 Å². The summed E-state index contributed by atoms with van der Waals surface area (Å²) in [5.74, 6) is 0.614. The van der Waals surface area contributed by atoms with Gasteiger partial charge < -0.3 is 20.1 Å². The molecule has 162 valence electrons. The molecule has 1 unspecified atom stereocenters. The summed E-state index contributed by atoms with van der Waals surface area (Å²) in [6.45, 7) is 5.68. The number of benzene rings is 1. The van der Waals surface area contributed by atoms with E-state index in [1.165, 1.54) is 0 Å². The van der Waals surface area contributed by atoms with Crippen molar-refractivity contribution in [3.63, 3.8) is 0 Å². The third-order valence-corrected chi connectivity index (χ3v) is 5.99. The molecule has 0 radical (unpaired) electrons. The summed E-state index contributed by atoms with van der Waals surface area (Å²) >= 11 is 0. The van der Waals surface area contributed by atoms with E-state index in [9.17, 15) is 9.90 Å². The zero-order valence-electron chi connectivity index (χ0n) is 17.8. The van der Waals surface area contributed by atoms with Crippen molar-refractivity contribution in [2.75, 3.05) is 23.3 Å². The number of aliphatic hydroxyl groups excluding tert-OH is 1. The Labute approximate surface area is 180 Å². The molecule has 0 saturated carbocycles. The second kappa shape index (κ2) is 7.53. The van der Waals surface area contributed by atoms with Crippen LogP contribution in [-0.4, -0.2) is 50.4 Å². The molecule has 31 heavy (non-hydrogen) atoms. The van der Waals surface area contributed by atoms with Crippen molar-refractivity contribution in [1.29, 1.82) is 0 Å². The fourth-order valence-corrected chi connectivity index (χ4v) is 4.50. The molecule has 1 saturated heterocycles. The summed E-state index contributed by atoms with van der Waals surface area (Å²) < 4.78 is 7.74. The lowest BCUT2D eigenvalue weighted by atomic mass is 10.0. The van der Waals surface area contributed by atoms with E-state index in [0.717, 1.165) is 55.0 Å². The average Bonchev–Trinajstić information content (AvgIpc) is 3.21. The van der Waals surface area contributed by atoms with E-state index in [-0.39, 0.29) is 17.6 Å². The number of hydrogen-bond donors (Lipinski definition) is 2. The molecule has 8 nitrogen and oxygen atoms in total. The number of hydrogen-bond acceptors (Lipinski definition) is 6. The predicted octanol–water partition coefficient (Wildman–Crippen LogP) is 3.05. The van der Waals surface area contributed by atoms with E-state index in [1.54, 1.807) is 29.2 Å². The van der Waals surface area contributed by atoms with Gasteiger partial charge in [-0.3, -0.25) is 4.79 Å². The number of nitrogens with zero attached hydrogens (tertiary/aromatic N) is 4. The molecule has 2 aliphatic rings. The number of nitrogens with one attached hydrogen (secondary N) is 1. The molecular weight excluding hydrogens is 394 g/mol. The first-order valence-electron chi connectivity index (χ1n) is 10.8. The van der Waals surface area contributed by atoms with Crippen LogP contribution in [0.25, 0.3) is 5.65 Å². The summed E-state index contributed by atoms with van der Waals surface area (Å²) in [4.78, 5) is 19.7. The quantitative estimate of drug-likeness (QED) is 0.675. The van der Waals surface area contributed by atoms with Gasteiger partial charge in [0, 0.05) is 43.5 Å². The van der Waals surface area contributed by atoms with Crippen LogP contribution < -0.4 is 15.0 Å². The molecule has 0 aliphatic carbocycles. The molecule has 1 atom stereocenters. The van der Waals surface area contributed by atoms with E-state index in [4.69, 9.17) is 4.74 Å². The minimum atomic E-state index is -0.280. The Kier molecular flexibility index (Phi) is 4.81. The third kappa shape index (κ3) is 3.83. The van der Waals surface area contributed by atoms with Gasteiger partial charge in [0.05, 0.1) is 23.7 Å². The van der Waals surface area contributed by atoms with Crippen LogP contribution in [0.15, 0.2) is 36.8 Å². The van der Waals surface area contributed by atoms with E-state index in [0.29, 0.717) is 17.6 Å². The van der Waals surface area contributed by atoms with E-state index < -0.39 is 0 Å². The molecule has 0 spiro atoms. The Morgan fingerprint density at radius 1 is 1.29 bits per heavy atom. The zero-order valence-corrected chi connectivity index (χ0v) is 17.8. The maximum Gasteiger partial charge on any atom is 0.261 e. The molecule has 8 heteroatoms. The zero-order chi connectivity index (χ0) is 21.6. The molecule has 2 aromatic heterocycles. The van der Waals surface area contributed by atoms with Gasteiger partial charge in [0.15, 0.2) is 5.65 Å². The fourth-order valence-electron chi connectivity index (χ4n) is 4.50. The molecule has 4 heterocycles. The Balaban J connectivity index is 1.51. The van der Waals surface area contributed by atoms with Gasteiger partial charge in [0.25, 0.3) is 5.91 Å². The number of rotatable bonds is 3. The lowest BCUT2D eigenvalue weighted by Gasteiger charge is -2.26. The number of aromatic nitrogens is 3. The van der Waals surface area contributed by atoms with Crippen molar-refractivity contribution in [3.05, 3.63) is 47.9 Å². The highest BCUT2D eigenvalue weighted by Gasteiger charge is 2.32. The Morgan fingerprint density at radius 3 is 3.03 bits per heavy atom. The second-order valence-corrected chi connectivity index (χ2v) is 8.99. The highest BCUT2D eigenvalue weighted by molar-refractivity contribution is 6.09. The summed E-state index contributed by atoms with van der Waals surface area (Å²) in [6, 6.07) is 5.83. The first kappa shape index (κ1) is 19.8. The normalized spacial score (nSPS) is 20.2. The van der Waals surface area contributed by atoms with E-state index >= 15 is 0 Å². The van der Waals surface area contributed by atoms with Crippen LogP contribution in [0, 0.1) is 0 Å². The van der Waals surface area contributed by atoms with Gasteiger partial charge in [-0.25, -0.2) is 9.50 Å². The van der Waals surface area contributed by atoms with Crippen LogP contribution in [0.3, 0.4) is 0 Å². The number of amides is 1. The molecule has 3 aromatic rings. The molecule has 2 N–H and O–H groups in total. The Hall–Kier alpha value is -3.13. The van der Waals surface area contributed by atoms with Crippen molar-refractivity contribution in [2.45, 2.75) is 51.2 Å². The molecule has 0 bridgehead atoms. The van der Waals surface area contributed by atoms with Gasteiger partial charge in [-0.15, -0.1) is 0 Å². The summed E-state index contributed by atoms with van der Waals surface area (Å²) in [7, 11) is 0. The standard InChI is InChI=1S/C23H27N5O3/c1-23(2)13-15-11-18(26-22(30)17-14-25-28-9-4-7-24-21(17)28)19(12-20(15)31-23)27-8-3-5-16(29)6-10-27/h4,7,9,11-12,14,16,29H,3,5-6,8,10,13H2,1-2H3,(H,26,30). The van der Waals surface area contributed by atoms with Crippen molar-refractivity contribution in [1.82, 2.24) is 14.6 Å². The van der Waals surface area contributed by atoms with Gasteiger partial charge in [0.2, 0.25) is 0 Å². The SMILES string of the molecule is CC1(C)Cc2cc(NC(=O)c3cnn4cccnc34)c(N3CCCC(O)CC3)cc2O1. The van der Waals surface area contributed by atoms with Crippen LogP contribution >= 0.6 is 0 Å². The number of carbonyl (C=O) groups is 1. The summed E-state index contributed by atoms with van der Waals surface area (Å²) in [6.07, 6.45) is 7.85. The van der Waals surface area contributed by atoms with Gasteiger partial charge >= 0.3 is 0 Å². The van der Waals surface area contributed by atoms with E-state index in [1.807, 2.05) is 12.1 Å². The Bertz CT molecular complexity index is 1140. The van der Waals surface area contributed by atoms with Crippen LogP contribution in [0.4, 0.5) is 11.4 Å². The van der Waals surface area contributed by atoms with Crippen molar-refractivity contribution >= 4 is 22.9 Å². The maximum atomic E-state index is 13.2. The van der Waals surface area contributed by atoms with Crippen LogP contribution in [0.1, 0.15) is 49.0 Å². The smallest absolute Gasteiger partial charge is 0.261 e. The highest BCUT2D eigenvalue weighted by atomic mass is 16.5. The first-order valence-corrected chi connectivity index (χ1v) is 10.8. The molecule has 2 aliphatic heterocycles. The Morgan fingerprint density at radius 2 is 2.16 bits per heavy atom. The third-order valence-electron chi connectivity index (χ3n) is 5.99. The average molecular weight is 422 g/mol. The molecule has 5 rings (SSSR count). The van der Waals surface area contributed by atoms with Crippen LogP contribution in [0.2, 0.25) is 0 Å². The minimum Gasteiger partial charge on any atom is -0.487 e. The van der Waals surface area contributed by atoms with Crippen molar-refractivity contribution in [3.8, 4) is 5.75 Å². The van der Waals surface area contributed by atoms with Gasteiger partial charge in [-0.2, -0.15) is 5.10 Å². The maximum absolute atomic E-state index is 13.2. The lowest BCUT2D eigenvalue weighted by molar-refractivity contribution is 0.102.